The van der Waals surface area contributed by atoms with Gasteiger partial charge in [0.05, 0.1) is 17.3 Å². The minimum absolute atomic E-state index is 0.0340. The highest BCUT2D eigenvalue weighted by molar-refractivity contribution is 8.73. The Hall–Kier alpha value is 0.590. The van der Waals surface area contributed by atoms with Crippen LogP contribution < -0.4 is 0 Å². The molecule has 1 N–H and O–H groups in total. The summed E-state index contributed by atoms with van der Waals surface area (Å²) in [6.07, 6.45) is 0.741. The molecule has 0 fully saturated rings. The van der Waals surface area contributed by atoms with E-state index in [1.165, 1.54) is 11.4 Å². The van der Waals surface area contributed by atoms with Crippen molar-refractivity contribution < 1.29 is 9.05 Å². The monoisotopic (exact) mass is 269 g/mol. The third-order valence-corrected chi connectivity index (χ3v) is 6.35. The zero-order chi connectivity index (χ0) is 12.1. The second kappa shape index (κ2) is 7.02. The van der Waals surface area contributed by atoms with Gasteiger partial charge in [-0.1, -0.05) is 6.92 Å². The van der Waals surface area contributed by atoms with E-state index in [-0.39, 0.29) is 12.2 Å². The van der Waals surface area contributed by atoms with Crippen LogP contribution in [0.5, 0.6) is 0 Å². The quantitative estimate of drug-likeness (QED) is 0.446. The Morgan fingerprint density at radius 2 is 1.67 bits per heavy atom. The molecule has 0 aliphatic rings. The molecule has 0 aromatic rings. The summed E-state index contributed by atoms with van der Waals surface area (Å²) in [4.78, 5) is 0. The van der Waals surface area contributed by atoms with E-state index in [0.717, 1.165) is 0 Å². The number of rotatable bonds is 6. The second-order valence-electron chi connectivity index (χ2n) is 3.62. The van der Waals surface area contributed by atoms with Crippen LogP contribution in [0.15, 0.2) is 0 Å². The van der Waals surface area contributed by atoms with E-state index in [1.54, 1.807) is 0 Å². The summed E-state index contributed by atoms with van der Waals surface area (Å²) in [5.74, 6) is 0. The van der Waals surface area contributed by atoms with E-state index in [4.69, 9.17) is 26.3 Å². The molecular formula is C9H20NO2PS2. The minimum atomic E-state index is -2.38. The van der Waals surface area contributed by atoms with Crippen LogP contribution >= 0.6 is 17.1 Å². The average molecular weight is 269 g/mol. The molecule has 0 aromatic heterocycles. The van der Waals surface area contributed by atoms with Crippen LogP contribution in [0.3, 0.4) is 0 Å². The Labute approximate surface area is 102 Å². The first kappa shape index (κ1) is 15.6. The van der Waals surface area contributed by atoms with Gasteiger partial charge < -0.3 is 9.05 Å². The minimum Gasteiger partial charge on any atom is -0.319 e. The summed E-state index contributed by atoms with van der Waals surface area (Å²) in [5, 5.41) is 8.17. The molecule has 0 aliphatic heterocycles. The van der Waals surface area contributed by atoms with Gasteiger partial charge in [0.15, 0.2) is 0 Å². The lowest BCUT2D eigenvalue weighted by Crippen LogP contribution is -2.07. The van der Waals surface area contributed by atoms with Crippen molar-refractivity contribution in [2.75, 3.05) is 0 Å². The van der Waals surface area contributed by atoms with Crippen molar-refractivity contribution in [3.8, 4) is 0 Å². The third-order valence-electron chi connectivity index (χ3n) is 1.22. The molecule has 0 saturated heterocycles. The van der Waals surface area contributed by atoms with E-state index >= 15 is 0 Å². The molecule has 0 radical (unpaired) electrons. The zero-order valence-corrected chi connectivity index (χ0v) is 12.5. The second-order valence-corrected chi connectivity index (χ2v) is 9.74. The van der Waals surface area contributed by atoms with E-state index in [2.05, 4.69) is 0 Å². The predicted octanol–water partition coefficient (Wildman–Crippen LogP) is 4.18. The lowest BCUT2D eigenvalue weighted by molar-refractivity contribution is 0.186. The first-order valence-corrected chi connectivity index (χ1v) is 9.09. The maximum Gasteiger partial charge on any atom is 0.253 e. The van der Waals surface area contributed by atoms with Crippen LogP contribution in [-0.2, 0) is 20.9 Å². The molecule has 3 nitrogen and oxygen atoms in total. The molecule has 0 aliphatic carbocycles. The number of hydrogen-bond acceptors (Lipinski definition) is 5. The average Bonchev–Trinajstić information content (AvgIpc) is 1.99. The van der Waals surface area contributed by atoms with Gasteiger partial charge in [0.25, 0.3) is 5.69 Å². The van der Waals surface area contributed by atoms with Crippen LogP contribution in [-0.4, -0.2) is 17.3 Å². The van der Waals surface area contributed by atoms with Gasteiger partial charge in [-0.25, -0.2) is 0 Å². The van der Waals surface area contributed by atoms with Crippen molar-refractivity contribution in [1.29, 1.82) is 5.41 Å². The van der Waals surface area contributed by atoms with E-state index in [9.17, 15) is 0 Å². The van der Waals surface area contributed by atoms with Crippen molar-refractivity contribution in [1.82, 2.24) is 0 Å². The normalized spacial score (nSPS) is 12.5. The molecule has 0 spiro atoms. The third kappa shape index (κ3) is 7.47. The molecule has 0 heterocycles. The molecule has 0 saturated carbocycles. The highest BCUT2D eigenvalue weighted by Crippen LogP contribution is 2.63. The molecule has 6 heteroatoms. The molecule has 0 atom stereocenters. The summed E-state index contributed by atoms with van der Waals surface area (Å²) in [5.41, 5.74) is -2.38. The van der Waals surface area contributed by atoms with Crippen LogP contribution in [0, 0.1) is 5.41 Å². The fourth-order valence-electron chi connectivity index (χ4n) is 0.784. The molecule has 0 aromatic carbocycles. The fraction of sp³-hybridized carbons (Fsp3) is 0.889. The lowest BCUT2D eigenvalue weighted by atomic mass is 10.5. The maximum absolute atomic E-state index is 7.65. The highest BCUT2D eigenvalue weighted by Gasteiger charge is 2.25. The smallest absolute Gasteiger partial charge is 0.253 e. The molecule has 0 bridgehead atoms. The SMILES string of the molecule is CCC(=N)SP(=S)(OC(C)C)OC(C)C. The van der Waals surface area contributed by atoms with Gasteiger partial charge in [0, 0.05) is 0 Å². The van der Waals surface area contributed by atoms with Crippen LogP contribution in [0.4, 0.5) is 0 Å². The van der Waals surface area contributed by atoms with Crippen molar-refractivity contribution in [3.63, 3.8) is 0 Å². The zero-order valence-electron chi connectivity index (χ0n) is 9.94. The van der Waals surface area contributed by atoms with Gasteiger partial charge in [0.2, 0.25) is 0 Å². The van der Waals surface area contributed by atoms with E-state index in [1.807, 2.05) is 34.6 Å². The Morgan fingerprint density at radius 1 is 1.27 bits per heavy atom. The van der Waals surface area contributed by atoms with Gasteiger partial charge in [-0.05, 0) is 57.3 Å². The van der Waals surface area contributed by atoms with Crippen LogP contribution in [0.2, 0.25) is 0 Å². The lowest BCUT2D eigenvalue weighted by Gasteiger charge is -2.25. The van der Waals surface area contributed by atoms with E-state index < -0.39 is 5.69 Å². The molecule has 15 heavy (non-hydrogen) atoms. The van der Waals surface area contributed by atoms with Gasteiger partial charge in [-0.2, -0.15) is 0 Å². The Kier molecular flexibility index (Phi) is 7.30. The largest absolute Gasteiger partial charge is 0.319 e. The standard InChI is InChI=1S/C9H20NO2PS2/c1-6-9(10)15-13(14,11-7(2)3)12-8(4)5/h7-8,10H,6H2,1-5H3. The predicted molar refractivity (Wildman–Crippen MR) is 72.3 cm³/mol. The Morgan fingerprint density at radius 3 is 1.93 bits per heavy atom. The number of hydrogen-bond donors (Lipinski definition) is 1. The van der Waals surface area contributed by atoms with Gasteiger partial charge in [-0.3, -0.25) is 5.41 Å². The summed E-state index contributed by atoms with van der Waals surface area (Å²) >= 11 is 6.65. The summed E-state index contributed by atoms with van der Waals surface area (Å²) in [6.45, 7) is 9.66. The summed E-state index contributed by atoms with van der Waals surface area (Å²) in [6, 6.07) is 0. The Bertz CT molecular complexity index is 242. The molecule has 0 amide bonds. The first-order chi connectivity index (χ1) is 6.79. The van der Waals surface area contributed by atoms with Crippen LogP contribution in [0.25, 0.3) is 0 Å². The Balaban J connectivity index is 4.55. The summed E-state index contributed by atoms with van der Waals surface area (Å²) < 4.78 is 11.3. The topological polar surface area (TPSA) is 42.3 Å². The molecular weight excluding hydrogens is 249 g/mol. The van der Waals surface area contributed by atoms with Crippen molar-refractivity contribution in [3.05, 3.63) is 0 Å². The molecule has 90 valence electrons. The first-order valence-electron chi connectivity index (χ1n) is 5.03. The highest BCUT2D eigenvalue weighted by atomic mass is 32.9. The van der Waals surface area contributed by atoms with Crippen molar-refractivity contribution in [2.45, 2.75) is 53.2 Å². The van der Waals surface area contributed by atoms with E-state index in [0.29, 0.717) is 11.5 Å². The van der Waals surface area contributed by atoms with Crippen molar-refractivity contribution in [2.24, 2.45) is 0 Å². The van der Waals surface area contributed by atoms with Crippen LogP contribution in [0.1, 0.15) is 41.0 Å². The van der Waals surface area contributed by atoms with Crippen molar-refractivity contribution >= 4 is 33.9 Å². The maximum atomic E-state index is 7.65. The molecule has 0 unspecified atom stereocenters. The van der Waals surface area contributed by atoms with Gasteiger partial charge >= 0.3 is 0 Å². The number of nitrogens with one attached hydrogen (secondary N) is 1. The van der Waals surface area contributed by atoms with Gasteiger partial charge in [0.1, 0.15) is 0 Å². The fourth-order valence-corrected chi connectivity index (χ4v) is 6.68. The van der Waals surface area contributed by atoms with Gasteiger partial charge in [-0.15, -0.1) is 0 Å². The summed E-state index contributed by atoms with van der Waals surface area (Å²) in [7, 11) is 0. The molecule has 0 rings (SSSR count).